The molecule has 3 nitrogen and oxygen atoms in total. The predicted octanol–water partition coefficient (Wildman–Crippen LogP) is 2.57. The van der Waals surface area contributed by atoms with E-state index >= 15 is 0 Å². The molecule has 14 heavy (non-hydrogen) atoms. The highest BCUT2D eigenvalue weighted by molar-refractivity contribution is 7.99. The summed E-state index contributed by atoms with van der Waals surface area (Å²) in [7, 11) is 0. The lowest BCUT2D eigenvalue weighted by molar-refractivity contribution is 1.02. The van der Waals surface area contributed by atoms with E-state index in [-0.39, 0.29) is 0 Å². The number of nitrogens with zero attached hydrogens (tertiary/aromatic N) is 2. The van der Waals surface area contributed by atoms with Crippen LogP contribution in [0.3, 0.4) is 0 Å². The van der Waals surface area contributed by atoms with Gasteiger partial charge in [-0.25, -0.2) is 0 Å². The summed E-state index contributed by atoms with van der Waals surface area (Å²) in [4.78, 5) is 6.38. The Morgan fingerprint density at radius 3 is 2.50 bits per heavy atom. The molecule has 2 aromatic rings. The van der Waals surface area contributed by atoms with Crippen LogP contribution in [0.25, 0.3) is 0 Å². The van der Waals surface area contributed by atoms with Crippen LogP contribution in [0.15, 0.2) is 34.3 Å². The van der Waals surface area contributed by atoms with E-state index in [4.69, 9.17) is 0 Å². The van der Waals surface area contributed by atoms with Crippen molar-refractivity contribution in [3.05, 3.63) is 35.9 Å². The van der Waals surface area contributed by atoms with Crippen molar-refractivity contribution in [3.63, 3.8) is 0 Å². The van der Waals surface area contributed by atoms with Gasteiger partial charge in [-0.3, -0.25) is 10.1 Å². The number of rotatable bonds is 2. The van der Waals surface area contributed by atoms with E-state index in [1.165, 1.54) is 9.79 Å². The predicted molar refractivity (Wildman–Crippen MR) is 56.4 cm³/mol. The first-order valence-electron chi connectivity index (χ1n) is 4.37. The number of aromatic amines is 1. The molecule has 0 aliphatic heterocycles. The number of aromatic nitrogens is 3. The van der Waals surface area contributed by atoms with Gasteiger partial charge in [-0.1, -0.05) is 11.8 Å². The van der Waals surface area contributed by atoms with E-state index in [9.17, 15) is 0 Å². The highest BCUT2D eigenvalue weighted by Crippen LogP contribution is 2.30. The third kappa shape index (κ3) is 1.80. The fraction of sp³-hybridized carbons (Fsp3) is 0.200. The molecule has 2 aromatic heterocycles. The van der Waals surface area contributed by atoms with Gasteiger partial charge in [-0.05, 0) is 26.0 Å². The molecule has 0 bridgehead atoms. The summed E-state index contributed by atoms with van der Waals surface area (Å²) >= 11 is 1.71. The highest BCUT2D eigenvalue weighted by atomic mass is 32.2. The molecule has 0 saturated heterocycles. The van der Waals surface area contributed by atoms with Crippen LogP contribution in [0.2, 0.25) is 0 Å². The Hall–Kier alpha value is -1.29. The smallest absolute Gasteiger partial charge is 0.0733 e. The number of pyridine rings is 1. The average Bonchev–Trinajstić information content (AvgIpc) is 2.51. The maximum atomic E-state index is 4.15. The summed E-state index contributed by atoms with van der Waals surface area (Å²) in [6.07, 6.45) is 3.60. The van der Waals surface area contributed by atoms with Crippen molar-refractivity contribution in [1.29, 1.82) is 0 Å². The first kappa shape index (κ1) is 9.27. The second-order valence-corrected chi connectivity index (χ2v) is 4.13. The van der Waals surface area contributed by atoms with E-state index < -0.39 is 0 Å². The van der Waals surface area contributed by atoms with Gasteiger partial charge < -0.3 is 0 Å². The van der Waals surface area contributed by atoms with Gasteiger partial charge in [0.25, 0.3) is 0 Å². The molecule has 1 N–H and O–H groups in total. The summed E-state index contributed by atoms with van der Waals surface area (Å²) in [5.41, 5.74) is 2.16. The number of hydrogen-bond acceptors (Lipinski definition) is 3. The fourth-order valence-electron chi connectivity index (χ4n) is 1.22. The van der Waals surface area contributed by atoms with Crippen molar-refractivity contribution in [1.82, 2.24) is 15.2 Å². The SMILES string of the molecule is Cc1n[nH]c(C)c1Sc1ccncc1. The molecule has 0 saturated carbocycles. The van der Waals surface area contributed by atoms with Crippen molar-refractivity contribution in [2.24, 2.45) is 0 Å². The molecule has 2 rings (SSSR count). The van der Waals surface area contributed by atoms with Gasteiger partial charge in [0, 0.05) is 23.0 Å². The largest absolute Gasteiger partial charge is 0.281 e. The number of nitrogens with one attached hydrogen (secondary N) is 1. The van der Waals surface area contributed by atoms with E-state index in [2.05, 4.69) is 15.2 Å². The average molecular weight is 205 g/mol. The topological polar surface area (TPSA) is 41.6 Å². The Bertz CT molecular complexity index is 403. The van der Waals surface area contributed by atoms with Gasteiger partial charge in [0.05, 0.1) is 10.6 Å². The molecule has 0 atom stereocenters. The van der Waals surface area contributed by atoms with Gasteiger partial charge >= 0.3 is 0 Å². The summed E-state index contributed by atoms with van der Waals surface area (Å²) in [6.45, 7) is 4.04. The fourth-order valence-corrected chi connectivity index (χ4v) is 2.10. The molecular formula is C10H11N3S. The Labute approximate surface area is 87.0 Å². The van der Waals surface area contributed by atoms with Gasteiger partial charge in [-0.15, -0.1) is 0 Å². The molecule has 2 heterocycles. The van der Waals surface area contributed by atoms with Crippen LogP contribution in [0, 0.1) is 13.8 Å². The lowest BCUT2D eigenvalue weighted by Gasteiger charge is -1.99. The summed E-state index contributed by atoms with van der Waals surface area (Å²) in [5, 5.41) is 7.12. The quantitative estimate of drug-likeness (QED) is 0.819. The van der Waals surface area contributed by atoms with E-state index in [0.717, 1.165) is 11.4 Å². The zero-order valence-corrected chi connectivity index (χ0v) is 8.93. The van der Waals surface area contributed by atoms with Gasteiger partial charge in [0.1, 0.15) is 0 Å². The van der Waals surface area contributed by atoms with Gasteiger partial charge in [-0.2, -0.15) is 5.10 Å². The number of aryl methyl sites for hydroxylation is 2. The minimum absolute atomic E-state index is 1.05. The van der Waals surface area contributed by atoms with Crippen LogP contribution in [-0.4, -0.2) is 15.2 Å². The van der Waals surface area contributed by atoms with E-state index in [0.29, 0.717) is 0 Å². The van der Waals surface area contributed by atoms with Crippen molar-refractivity contribution in [3.8, 4) is 0 Å². The van der Waals surface area contributed by atoms with Crippen LogP contribution in [0.4, 0.5) is 0 Å². The molecule has 0 aliphatic rings. The van der Waals surface area contributed by atoms with Crippen LogP contribution < -0.4 is 0 Å². The van der Waals surface area contributed by atoms with Gasteiger partial charge in [0.2, 0.25) is 0 Å². The number of H-pyrrole nitrogens is 1. The van der Waals surface area contributed by atoms with Crippen LogP contribution in [0.5, 0.6) is 0 Å². The zero-order chi connectivity index (χ0) is 9.97. The molecule has 0 aliphatic carbocycles. The summed E-state index contributed by atoms with van der Waals surface area (Å²) in [6, 6.07) is 3.99. The molecule has 0 radical (unpaired) electrons. The first-order valence-corrected chi connectivity index (χ1v) is 5.18. The van der Waals surface area contributed by atoms with E-state index in [1.807, 2.05) is 26.0 Å². The first-order chi connectivity index (χ1) is 6.77. The van der Waals surface area contributed by atoms with Crippen molar-refractivity contribution in [2.45, 2.75) is 23.6 Å². The maximum absolute atomic E-state index is 4.15. The molecule has 0 unspecified atom stereocenters. The molecule has 72 valence electrons. The summed E-state index contributed by atoms with van der Waals surface area (Å²) < 4.78 is 0. The molecular weight excluding hydrogens is 194 g/mol. The van der Waals surface area contributed by atoms with Crippen molar-refractivity contribution < 1.29 is 0 Å². The normalized spacial score (nSPS) is 10.4. The Morgan fingerprint density at radius 2 is 1.93 bits per heavy atom. The Kier molecular flexibility index (Phi) is 2.54. The standard InChI is InChI=1S/C10H11N3S/c1-7-10(8(2)13-12-7)14-9-3-5-11-6-4-9/h3-6H,1-2H3,(H,12,13). The molecule has 0 spiro atoms. The third-order valence-corrected chi connectivity index (χ3v) is 3.24. The Balaban J connectivity index is 2.27. The van der Waals surface area contributed by atoms with E-state index in [1.54, 1.807) is 24.2 Å². The maximum Gasteiger partial charge on any atom is 0.0733 e. The molecule has 4 heteroatoms. The molecule has 0 aromatic carbocycles. The monoisotopic (exact) mass is 205 g/mol. The second-order valence-electron chi connectivity index (χ2n) is 3.05. The minimum atomic E-state index is 1.05. The lowest BCUT2D eigenvalue weighted by Crippen LogP contribution is -1.78. The zero-order valence-electron chi connectivity index (χ0n) is 8.11. The summed E-state index contributed by atoms with van der Waals surface area (Å²) in [5.74, 6) is 0. The molecule has 0 amide bonds. The second kappa shape index (κ2) is 3.84. The van der Waals surface area contributed by atoms with Crippen LogP contribution in [0.1, 0.15) is 11.4 Å². The van der Waals surface area contributed by atoms with Crippen molar-refractivity contribution in [2.75, 3.05) is 0 Å². The minimum Gasteiger partial charge on any atom is -0.281 e. The van der Waals surface area contributed by atoms with Crippen molar-refractivity contribution >= 4 is 11.8 Å². The number of hydrogen-bond donors (Lipinski definition) is 1. The van der Waals surface area contributed by atoms with Crippen LogP contribution in [-0.2, 0) is 0 Å². The Morgan fingerprint density at radius 1 is 1.21 bits per heavy atom. The van der Waals surface area contributed by atoms with Crippen LogP contribution >= 0.6 is 11.8 Å². The highest BCUT2D eigenvalue weighted by Gasteiger charge is 2.07. The molecule has 0 fully saturated rings. The third-order valence-electron chi connectivity index (χ3n) is 1.93. The lowest BCUT2D eigenvalue weighted by atomic mass is 10.4. The van der Waals surface area contributed by atoms with Gasteiger partial charge in [0.15, 0.2) is 0 Å².